The molecular weight excluding hydrogens is 535 g/mol. The predicted molar refractivity (Wildman–Crippen MR) is 158 cm³/mol. The fourth-order valence-corrected chi connectivity index (χ4v) is 6.08. The number of rotatable bonds is 8. The highest BCUT2D eigenvalue weighted by Gasteiger charge is 2.41. The standard InChI is InChI=1S/C31H46F3N3O2S/c1-28(2,3)23-16-21(14-15-25(23)40-36-29(4,5)6)24-17-22(27(38)35-19-30(7,8)39)26(31(32,33)34)37(24)18-20-12-10-9-11-13-20/h14-17,20,36,39H,9-13,18-19H2,1-8H3,(H,35,38). The zero-order valence-corrected chi connectivity index (χ0v) is 26.0. The molecule has 0 unspecified atom stereocenters. The SMILES string of the molecule is CC(C)(O)CNC(=O)c1cc(-c2ccc(SNC(C)(C)C)c(C(C)(C)C)c2)n(CC2CCCCC2)c1C(F)(F)F. The number of aliphatic hydroxyl groups is 1. The van der Waals surface area contributed by atoms with Crippen LogP contribution in [-0.4, -0.2) is 33.3 Å². The van der Waals surface area contributed by atoms with Crippen LogP contribution in [-0.2, 0) is 18.1 Å². The summed E-state index contributed by atoms with van der Waals surface area (Å²) >= 11 is 1.52. The summed E-state index contributed by atoms with van der Waals surface area (Å²) in [5.41, 5.74) is -0.931. The van der Waals surface area contributed by atoms with Crippen molar-refractivity contribution in [1.29, 1.82) is 0 Å². The molecule has 3 N–H and O–H groups in total. The Hall–Kier alpha value is -1.97. The van der Waals surface area contributed by atoms with Crippen molar-refractivity contribution in [2.75, 3.05) is 6.54 Å². The lowest BCUT2D eigenvalue weighted by atomic mass is 9.85. The number of nitrogens with one attached hydrogen (secondary N) is 2. The summed E-state index contributed by atoms with van der Waals surface area (Å²) in [5.74, 6) is -0.725. The molecule has 1 heterocycles. The van der Waals surface area contributed by atoms with E-state index in [1.54, 1.807) is 0 Å². The molecule has 2 aromatic rings. The lowest BCUT2D eigenvalue weighted by molar-refractivity contribution is -0.144. The predicted octanol–water partition coefficient (Wildman–Crippen LogP) is 7.95. The molecular formula is C31H46F3N3O2S. The van der Waals surface area contributed by atoms with Gasteiger partial charge in [0.2, 0.25) is 0 Å². The minimum Gasteiger partial charge on any atom is -0.389 e. The molecule has 1 amide bonds. The van der Waals surface area contributed by atoms with Crippen LogP contribution >= 0.6 is 11.9 Å². The number of carbonyl (C=O) groups excluding carboxylic acids is 1. The van der Waals surface area contributed by atoms with Crippen LogP contribution in [0.4, 0.5) is 13.2 Å². The van der Waals surface area contributed by atoms with Gasteiger partial charge in [-0.15, -0.1) is 0 Å². The molecule has 0 spiro atoms. The number of halogens is 3. The minimum atomic E-state index is -4.73. The number of carbonyl (C=O) groups is 1. The first-order valence-electron chi connectivity index (χ1n) is 14.2. The quantitative estimate of drug-likeness (QED) is 0.277. The summed E-state index contributed by atoms with van der Waals surface area (Å²) < 4.78 is 48.9. The van der Waals surface area contributed by atoms with Gasteiger partial charge >= 0.3 is 6.18 Å². The molecule has 40 heavy (non-hydrogen) atoms. The number of hydrogen-bond acceptors (Lipinski definition) is 4. The van der Waals surface area contributed by atoms with Crippen LogP contribution in [0, 0.1) is 5.92 Å². The Morgan fingerprint density at radius 3 is 2.15 bits per heavy atom. The van der Waals surface area contributed by atoms with Gasteiger partial charge in [-0.2, -0.15) is 13.2 Å². The van der Waals surface area contributed by atoms with E-state index in [9.17, 15) is 23.1 Å². The Bertz CT molecular complexity index is 1180. The van der Waals surface area contributed by atoms with Crippen molar-refractivity contribution in [3.63, 3.8) is 0 Å². The molecule has 9 heteroatoms. The molecule has 0 atom stereocenters. The second-order valence-corrected chi connectivity index (χ2v) is 14.7. The first kappa shape index (κ1) is 32.5. The van der Waals surface area contributed by atoms with Crippen LogP contribution in [0.5, 0.6) is 0 Å². The van der Waals surface area contributed by atoms with E-state index >= 15 is 0 Å². The maximum absolute atomic E-state index is 14.7. The lowest BCUT2D eigenvalue weighted by Crippen LogP contribution is -2.38. The number of hydrogen-bond donors (Lipinski definition) is 3. The lowest BCUT2D eigenvalue weighted by Gasteiger charge is -2.27. The van der Waals surface area contributed by atoms with Gasteiger partial charge in [0, 0.05) is 29.2 Å². The number of nitrogens with zero attached hydrogens (tertiary/aromatic N) is 1. The number of amides is 1. The van der Waals surface area contributed by atoms with E-state index in [0.29, 0.717) is 11.3 Å². The second kappa shape index (κ2) is 12.1. The Balaban J connectivity index is 2.19. The monoisotopic (exact) mass is 581 g/mol. The highest BCUT2D eigenvalue weighted by atomic mass is 32.2. The van der Waals surface area contributed by atoms with E-state index in [1.807, 2.05) is 18.2 Å². The Labute approximate surface area is 241 Å². The van der Waals surface area contributed by atoms with E-state index < -0.39 is 28.9 Å². The van der Waals surface area contributed by atoms with E-state index in [2.05, 4.69) is 51.6 Å². The molecule has 1 aromatic heterocycles. The summed E-state index contributed by atoms with van der Waals surface area (Å²) in [5, 5.41) is 12.6. The molecule has 3 rings (SSSR count). The topological polar surface area (TPSA) is 66.3 Å². The van der Waals surface area contributed by atoms with Crippen molar-refractivity contribution in [3.05, 3.63) is 41.1 Å². The summed E-state index contributed by atoms with van der Waals surface area (Å²) in [6.07, 6.45) is 0.119. The molecule has 0 bridgehead atoms. The fourth-order valence-electron chi connectivity index (χ4n) is 5.05. The molecule has 1 aliphatic rings. The summed E-state index contributed by atoms with van der Waals surface area (Å²) in [6, 6.07) is 7.16. The van der Waals surface area contributed by atoms with Gasteiger partial charge < -0.3 is 15.0 Å². The van der Waals surface area contributed by atoms with Crippen molar-refractivity contribution < 1.29 is 23.1 Å². The Morgan fingerprint density at radius 1 is 1.00 bits per heavy atom. The molecule has 0 aliphatic heterocycles. The smallest absolute Gasteiger partial charge is 0.389 e. The Morgan fingerprint density at radius 2 is 1.62 bits per heavy atom. The third kappa shape index (κ3) is 8.76. The third-order valence-electron chi connectivity index (χ3n) is 7.01. The van der Waals surface area contributed by atoms with Crippen molar-refractivity contribution in [1.82, 2.24) is 14.6 Å². The van der Waals surface area contributed by atoms with Gasteiger partial charge in [-0.1, -0.05) is 46.1 Å². The van der Waals surface area contributed by atoms with Gasteiger partial charge in [0.25, 0.3) is 5.91 Å². The zero-order chi connectivity index (χ0) is 30.1. The maximum Gasteiger partial charge on any atom is 0.432 e. The fraction of sp³-hybridized carbons (Fsp3) is 0.645. The molecule has 5 nitrogen and oxygen atoms in total. The molecule has 0 radical (unpaired) electrons. The van der Waals surface area contributed by atoms with Crippen LogP contribution in [0.3, 0.4) is 0 Å². The van der Waals surface area contributed by atoms with Crippen molar-refractivity contribution >= 4 is 17.9 Å². The van der Waals surface area contributed by atoms with Gasteiger partial charge in [-0.3, -0.25) is 9.52 Å². The average molecular weight is 582 g/mol. The van der Waals surface area contributed by atoms with E-state index in [-0.39, 0.29) is 30.0 Å². The largest absolute Gasteiger partial charge is 0.432 e. The number of alkyl halides is 3. The van der Waals surface area contributed by atoms with Gasteiger partial charge in [0.15, 0.2) is 0 Å². The van der Waals surface area contributed by atoms with Crippen molar-refractivity contribution in [3.8, 4) is 11.3 Å². The normalized spacial score (nSPS) is 15.9. The first-order valence-corrected chi connectivity index (χ1v) is 15.0. The van der Waals surface area contributed by atoms with E-state index in [4.69, 9.17) is 0 Å². The summed E-state index contributed by atoms with van der Waals surface area (Å²) in [4.78, 5) is 14.2. The number of aromatic nitrogens is 1. The van der Waals surface area contributed by atoms with Gasteiger partial charge in [-0.25, -0.2) is 0 Å². The van der Waals surface area contributed by atoms with Gasteiger partial charge in [0.05, 0.1) is 11.2 Å². The van der Waals surface area contributed by atoms with Crippen molar-refractivity contribution in [2.24, 2.45) is 5.92 Å². The van der Waals surface area contributed by atoms with Crippen molar-refractivity contribution in [2.45, 2.75) is 122 Å². The van der Waals surface area contributed by atoms with Crippen LogP contribution in [0.1, 0.15) is 109 Å². The first-order chi connectivity index (χ1) is 18.3. The van der Waals surface area contributed by atoms with Crippen LogP contribution < -0.4 is 10.0 Å². The highest BCUT2D eigenvalue weighted by Crippen LogP contribution is 2.41. The number of benzene rings is 1. The molecule has 0 saturated heterocycles. The Kier molecular flexibility index (Phi) is 9.84. The van der Waals surface area contributed by atoms with Crippen LogP contribution in [0.25, 0.3) is 11.3 Å². The molecule has 1 aliphatic carbocycles. The average Bonchev–Trinajstić information content (AvgIpc) is 3.20. The van der Waals surface area contributed by atoms with Gasteiger partial charge in [-0.05, 0) is 100 Å². The second-order valence-electron chi connectivity index (χ2n) is 13.8. The summed E-state index contributed by atoms with van der Waals surface area (Å²) in [7, 11) is 0. The van der Waals surface area contributed by atoms with Gasteiger partial charge in [0.1, 0.15) is 5.69 Å². The third-order valence-corrected chi connectivity index (χ3v) is 8.30. The highest BCUT2D eigenvalue weighted by molar-refractivity contribution is 7.97. The van der Waals surface area contributed by atoms with Crippen LogP contribution in [0.2, 0.25) is 0 Å². The molecule has 224 valence electrons. The molecule has 1 aromatic carbocycles. The molecule has 1 fully saturated rings. The summed E-state index contributed by atoms with van der Waals surface area (Å²) in [6.45, 7) is 15.5. The van der Waals surface area contributed by atoms with Crippen LogP contribution in [0.15, 0.2) is 29.2 Å². The zero-order valence-electron chi connectivity index (χ0n) is 25.2. The van der Waals surface area contributed by atoms with E-state index in [1.165, 1.54) is 36.4 Å². The minimum absolute atomic E-state index is 0.112. The van der Waals surface area contributed by atoms with E-state index in [0.717, 1.165) is 42.6 Å². The molecule has 1 saturated carbocycles. The maximum atomic E-state index is 14.7.